The topological polar surface area (TPSA) is 15.3 Å². The average molecular weight is 265 g/mol. The maximum Gasteiger partial charge on any atom is 0.0453 e. The summed E-state index contributed by atoms with van der Waals surface area (Å²) in [6, 6.07) is 7.11. The molecule has 2 heterocycles. The Balaban J connectivity index is 1.66. The number of rotatable bonds is 2. The highest BCUT2D eigenvalue weighted by atomic mass is 35.5. The van der Waals surface area contributed by atoms with Crippen molar-refractivity contribution in [1.29, 1.82) is 0 Å². The molecule has 2 aliphatic heterocycles. The Morgan fingerprint density at radius 1 is 1.39 bits per heavy atom. The highest BCUT2D eigenvalue weighted by Crippen LogP contribution is 2.27. The SMILES string of the molecule is Cc1ccc(CN2C[C@@H]3CCCN[C@@H]3C2)c(Cl)c1. The van der Waals surface area contributed by atoms with Crippen molar-refractivity contribution in [2.75, 3.05) is 19.6 Å². The molecule has 3 rings (SSSR count). The van der Waals surface area contributed by atoms with E-state index in [0.717, 1.165) is 17.5 Å². The zero-order valence-electron chi connectivity index (χ0n) is 11.0. The second-order valence-corrected chi connectivity index (χ2v) is 6.16. The normalized spacial score (nSPS) is 28.3. The van der Waals surface area contributed by atoms with Gasteiger partial charge in [-0.15, -0.1) is 0 Å². The maximum absolute atomic E-state index is 6.32. The smallest absolute Gasteiger partial charge is 0.0453 e. The molecule has 0 unspecified atom stereocenters. The van der Waals surface area contributed by atoms with Crippen LogP contribution in [0, 0.1) is 12.8 Å². The number of likely N-dealkylation sites (tertiary alicyclic amines) is 1. The molecule has 0 spiro atoms. The molecule has 18 heavy (non-hydrogen) atoms. The number of nitrogens with zero attached hydrogens (tertiary/aromatic N) is 1. The van der Waals surface area contributed by atoms with Crippen molar-refractivity contribution in [1.82, 2.24) is 10.2 Å². The number of fused-ring (bicyclic) bond motifs is 1. The van der Waals surface area contributed by atoms with E-state index in [2.05, 4.69) is 35.3 Å². The molecule has 2 atom stereocenters. The van der Waals surface area contributed by atoms with E-state index in [1.807, 2.05) is 0 Å². The van der Waals surface area contributed by atoms with Crippen LogP contribution in [0.1, 0.15) is 24.0 Å². The fourth-order valence-corrected chi connectivity index (χ4v) is 3.58. The Hall–Kier alpha value is -0.570. The molecule has 0 radical (unpaired) electrons. The van der Waals surface area contributed by atoms with Gasteiger partial charge in [-0.1, -0.05) is 23.7 Å². The van der Waals surface area contributed by atoms with Crippen molar-refractivity contribution in [2.45, 2.75) is 32.4 Å². The van der Waals surface area contributed by atoms with E-state index in [0.29, 0.717) is 6.04 Å². The molecule has 1 aromatic rings. The predicted octanol–water partition coefficient (Wildman–Crippen LogP) is 2.83. The van der Waals surface area contributed by atoms with Gasteiger partial charge in [-0.05, 0) is 49.4 Å². The number of hydrogen-bond donors (Lipinski definition) is 1. The molecule has 0 bridgehead atoms. The van der Waals surface area contributed by atoms with E-state index < -0.39 is 0 Å². The monoisotopic (exact) mass is 264 g/mol. The van der Waals surface area contributed by atoms with Crippen molar-refractivity contribution in [2.24, 2.45) is 5.92 Å². The minimum absolute atomic E-state index is 0.711. The third-order valence-corrected chi connectivity index (χ3v) is 4.63. The maximum atomic E-state index is 6.32. The van der Waals surface area contributed by atoms with E-state index in [-0.39, 0.29) is 0 Å². The van der Waals surface area contributed by atoms with Gasteiger partial charge < -0.3 is 5.32 Å². The van der Waals surface area contributed by atoms with Crippen LogP contribution in [0.2, 0.25) is 5.02 Å². The van der Waals surface area contributed by atoms with Crippen LogP contribution in [0.4, 0.5) is 0 Å². The number of nitrogens with one attached hydrogen (secondary N) is 1. The average Bonchev–Trinajstić information content (AvgIpc) is 2.75. The van der Waals surface area contributed by atoms with E-state index in [4.69, 9.17) is 11.6 Å². The Bertz CT molecular complexity index is 419. The van der Waals surface area contributed by atoms with Gasteiger partial charge in [0.25, 0.3) is 0 Å². The largest absolute Gasteiger partial charge is 0.312 e. The van der Waals surface area contributed by atoms with E-state index in [9.17, 15) is 0 Å². The lowest BCUT2D eigenvalue weighted by molar-refractivity contribution is 0.313. The first-order valence-electron chi connectivity index (χ1n) is 6.93. The molecule has 0 saturated carbocycles. The molecule has 2 nitrogen and oxygen atoms in total. The van der Waals surface area contributed by atoms with Crippen LogP contribution in [0.3, 0.4) is 0 Å². The van der Waals surface area contributed by atoms with Gasteiger partial charge in [-0.3, -0.25) is 4.90 Å². The second-order valence-electron chi connectivity index (χ2n) is 5.75. The minimum atomic E-state index is 0.711. The molecule has 1 N–H and O–H groups in total. The van der Waals surface area contributed by atoms with Crippen molar-refractivity contribution in [3.63, 3.8) is 0 Å². The molecular weight excluding hydrogens is 244 g/mol. The van der Waals surface area contributed by atoms with Gasteiger partial charge in [0, 0.05) is 30.7 Å². The lowest BCUT2D eigenvalue weighted by atomic mass is 9.94. The molecule has 0 amide bonds. The zero-order valence-corrected chi connectivity index (χ0v) is 11.7. The summed E-state index contributed by atoms with van der Waals surface area (Å²) >= 11 is 6.32. The van der Waals surface area contributed by atoms with E-state index in [1.54, 1.807) is 0 Å². The quantitative estimate of drug-likeness (QED) is 0.884. The van der Waals surface area contributed by atoms with Crippen molar-refractivity contribution < 1.29 is 0 Å². The third kappa shape index (κ3) is 2.56. The lowest BCUT2D eigenvalue weighted by Crippen LogP contribution is -2.40. The Kier molecular flexibility index (Phi) is 3.60. The Labute approximate surface area is 114 Å². The first-order valence-corrected chi connectivity index (χ1v) is 7.31. The summed E-state index contributed by atoms with van der Waals surface area (Å²) in [6.45, 7) is 6.68. The summed E-state index contributed by atoms with van der Waals surface area (Å²) in [7, 11) is 0. The van der Waals surface area contributed by atoms with E-state index in [1.165, 1.54) is 43.6 Å². The van der Waals surface area contributed by atoms with Gasteiger partial charge in [-0.25, -0.2) is 0 Å². The highest BCUT2D eigenvalue weighted by molar-refractivity contribution is 6.31. The van der Waals surface area contributed by atoms with Gasteiger partial charge in [-0.2, -0.15) is 0 Å². The second kappa shape index (κ2) is 5.20. The van der Waals surface area contributed by atoms with Crippen LogP contribution in [-0.4, -0.2) is 30.6 Å². The van der Waals surface area contributed by atoms with Gasteiger partial charge in [0.05, 0.1) is 0 Å². The molecule has 2 fully saturated rings. The summed E-state index contributed by atoms with van der Waals surface area (Å²) < 4.78 is 0. The summed E-state index contributed by atoms with van der Waals surface area (Å²) in [6.07, 6.45) is 2.72. The van der Waals surface area contributed by atoms with Crippen molar-refractivity contribution >= 4 is 11.6 Å². The number of benzene rings is 1. The molecule has 0 aliphatic carbocycles. The zero-order chi connectivity index (χ0) is 12.5. The van der Waals surface area contributed by atoms with Crippen molar-refractivity contribution in [3.05, 3.63) is 34.3 Å². The van der Waals surface area contributed by atoms with Crippen LogP contribution < -0.4 is 5.32 Å². The van der Waals surface area contributed by atoms with Crippen LogP contribution in [0.5, 0.6) is 0 Å². The molecule has 0 aromatic heterocycles. The Morgan fingerprint density at radius 3 is 3.06 bits per heavy atom. The first kappa shape index (κ1) is 12.5. The summed E-state index contributed by atoms with van der Waals surface area (Å²) in [5, 5.41) is 4.56. The van der Waals surface area contributed by atoms with Gasteiger partial charge in [0.15, 0.2) is 0 Å². The summed E-state index contributed by atoms with van der Waals surface area (Å²) in [5.41, 5.74) is 2.50. The van der Waals surface area contributed by atoms with E-state index >= 15 is 0 Å². The number of hydrogen-bond acceptors (Lipinski definition) is 2. The summed E-state index contributed by atoms with van der Waals surface area (Å²) in [4.78, 5) is 2.55. The van der Waals surface area contributed by atoms with Crippen LogP contribution in [0.15, 0.2) is 18.2 Å². The molecular formula is C15H21ClN2. The van der Waals surface area contributed by atoms with Crippen molar-refractivity contribution in [3.8, 4) is 0 Å². The van der Waals surface area contributed by atoms with Gasteiger partial charge in [0.2, 0.25) is 0 Å². The standard InChI is InChI=1S/C15H21ClN2/c1-11-4-5-12(14(16)7-11)8-18-9-13-3-2-6-17-15(13)10-18/h4-5,7,13,15,17H,2-3,6,8-10H2,1H3/t13-,15+/m0/s1. The first-order chi connectivity index (χ1) is 8.72. The van der Waals surface area contributed by atoms with Gasteiger partial charge >= 0.3 is 0 Å². The minimum Gasteiger partial charge on any atom is -0.312 e. The number of piperidine rings is 1. The molecule has 1 aromatic carbocycles. The summed E-state index contributed by atoms with van der Waals surface area (Å²) in [5.74, 6) is 0.850. The lowest BCUT2D eigenvalue weighted by Gasteiger charge is -2.24. The number of halogens is 1. The number of aryl methyl sites for hydroxylation is 1. The van der Waals surface area contributed by atoms with Gasteiger partial charge in [0.1, 0.15) is 0 Å². The van der Waals surface area contributed by atoms with Crippen LogP contribution >= 0.6 is 11.6 Å². The van der Waals surface area contributed by atoms with Crippen LogP contribution in [-0.2, 0) is 6.54 Å². The molecule has 2 saturated heterocycles. The third-order valence-electron chi connectivity index (χ3n) is 4.28. The Morgan fingerprint density at radius 2 is 2.28 bits per heavy atom. The van der Waals surface area contributed by atoms with Crippen LogP contribution in [0.25, 0.3) is 0 Å². The fourth-order valence-electron chi connectivity index (χ4n) is 3.29. The molecule has 2 aliphatic rings. The fraction of sp³-hybridized carbons (Fsp3) is 0.600. The molecule has 98 valence electrons. The molecule has 3 heteroatoms. The highest BCUT2D eigenvalue weighted by Gasteiger charge is 2.34. The predicted molar refractivity (Wildman–Crippen MR) is 76.0 cm³/mol.